The smallest absolute Gasteiger partial charge is 0.165 e. The Morgan fingerprint density at radius 1 is 0.955 bits per heavy atom. The number of aromatic nitrogens is 3. The van der Waals surface area contributed by atoms with E-state index in [1.54, 1.807) is 0 Å². The van der Waals surface area contributed by atoms with Gasteiger partial charge in [0.1, 0.15) is 11.0 Å². The number of nitrogens with one attached hydrogen (secondary N) is 1. The number of para-hydroxylation sites is 1. The zero-order valence-corrected chi connectivity index (χ0v) is 13.6. The Kier molecular flexibility index (Phi) is 7.07. The lowest BCUT2D eigenvalue weighted by Gasteiger charge is -2.03. The van der Waals surface area contributed by atoms with Gasteiger partial charge >= 0.3 is 0 Å². The zero-order chi connectivity index (χ0) is 15.6. The fraction of sp³-hybridized carbons (Fsp3) is 0.611. The summed E-state index contributed by atoms with van der Waals surface area (Å²) in [4.78, 5) is 12.3. The highest BCUT2D eigenvalue weighted by atomic mass is 16.1. The van der Waals surface area contributed by atoms with Crippen molar-refractivity contribution in [1.82, 2.24) is 15.4 Å². The summed E-state index contributed by atoms with van der Waals surface area (Å²) in [5.74, 6) is 0.183. The van der Waals surface area contributed by atoms with Crippen molar-refractivity contribution in [2.75, 3.05) is 0 Å². The molecule has 0 saturated heterocycles. The average Bonchev–Trinajstić information content (AvgIpc) is 3.01. The van der Waals surface area contributed by atoms with Crippen molar-refractivity contribution in [2.45, 2.75) is 71.1 Å². The van der Waals surface area contributed by atoms with E-state index in [1.165, 1.54) is 44.9 Å². The van der Waals surface area contributed by atoms with Gasteiger partial charge in [0, 0.05) is 12.0 Å². The minimum Gasteiger partial charge on any atom is -0.294 e. The predicted octanol–water partition coefficient (Wildman–Crippen LogP) is 5.06. The van der Waals surface area contributed by atoms with Crippen LogP contribution in [0, 0.1) is 0 Å². The van der Waals surface area contributed by atoms with E-state index in [0.717, 1.165) is 18.4 Å². The lowest BCUT2D eigenvalue weighted by atomic mass is 10.0. The van der Waals surface area contributed by atoms with Gasteiger partial charge in [0.15, 0.2) is 5.78 Å². The van der Waals surface area contributed by atoms with Crippen LogP contribution >= 0.6 is 0 Å². The Morgan fingerprint density at radius 3 is 2.36 bits per heavy atom. The molecule has 1 aromatic heterocycles. The molecule has 0 amide bonds. The van der Waals surface area contributed by atoms with Crippen LogP contribution in [-0.2, 0) is 0 Å². The van der Waals surface area contributed by atoms with Crippen LogP contribution in [0.2, 0.25) is 0 Å². The van der Waals surface area contributed by atoms with E-state index < -0.39 is 0 Å². The number of aromatic amines is 1. The van der Waals surface area contributed by atoms with Crippen LogP contribution in [0.25, 0.3) is 11.0 Å². The van der Waals surface area contributed by atoms with Gasteiger partial charge < -0.3 is 0 Å². The summed E-state index contributed by atoms with van der Waals surface area (Å²) in [5, 5.41) is 10.7. The molecule has 2 rings (SSSR count). The summed E-state index contributed by atoms with van der Waals surface area (Å²) in [6.45, 7) is 2.25. The van der Waals surface area contributed by atoms with E-state index in [9.17, 15) is 4.79 Å². The molecule has 0 bridgehead atoms. The standard InChI is InChI=1S/C18H27N3O/c1-2-3-4-5-6-7-8-9-10-14-17(22)15-12-11-13-16-18(15)20-21-19-16/h11-13H,2-10,14H2,1H3,(H,19,20,21). The monoisotopic (exact) mass is 301 g/mol. The first kappa shape index (κ1) is 16.7. The van der Waals surface area contributed by atoms with E-state index in [1.807, 2.05) is 18.2 Å². The number of fused-ring (bicyclic) bond motifs is 1. The molecule has 1 N–H and O–H groups in total. The van der Waals surface area contributed by atoms with Crippen LogP contribution in [0.3, 0.4) is 0 Å². The second-order valence-corrected chi connectivity index (χ2v) is 6.00. The summed E-state index contributed by atoms with van der Waals surface area (Å²) in [6, 6.07) is 5.59. The van der Waals surface area contributed by atoms with Crippen LogP contribution in [0.5, 0.6) is 0 Å². The minimum absolute atomic E-state index is 0.183. The number of ketones is 1. The maximum absolute atomic E-state index is 12.3. The zero-order valence-electron chi connectivity index (χ0n) is 13.6. The number of H-pyrrole nitrogens is 1. The summed E-state index contributed by atoms with van der Waals surface area (Å²) in [5.41, 5.74) is 2.16. The van der Waals surface area contributed by atoms with Crippen LogP contribution < -0.4 is 0 Å². The quantitative estimate of drug-likeness (QED) is 0.466. The van der Waals surface area contributed by atoms with Crippen molar-refractivity contribution < 1.29 is 4.79 Å². The molecule has 0 aliphatic carbocycles. The molecular weight excluding hydrogens is 274 g/mol. The van der Waals surface area contributed by atoms with Gasteiger partial charge in [-0.2, -0.15) is 15.4 Å². The number of rotatable bonds is 11. The van der Waals surface area contributed by atoms with Crippen LogP contribution in [0.15, 0.2) is 18.2 Å². The maximum atomic E-state index is 12.3. The number of hydrogen-bond donors (Lipinski definition) is 1. The molecule has 22 heavy (non-hydrogen) atoms. The second kappa shape index (κ2) is 9.34. The molecule has 120 valence electrons. The fourth-order valence-electron chi connectivity index (χ4n) is 2.82. The lowest BCUT2D eigenvalue weighted by molar-refractivity contribution is 0.0980. The lowest BCUT2D eigenvalue weighted by Crippen LogP contribution is -2.00. The van der Waals surface area contributed by atoms with Crippen LogP contribution in [0.4, 0.5) is 0 Å². The minimum atomic E-state index is 0.183. The number of carbonyl (C=O) groups is 1. The summed E-state index contributed by atoms with van der Waals surface area (Å²) in [6.07, 6.45) is 12.0. The summed E-state index contributed by atoms with van der Waals surface area (Å²) < 4.78 is 0. The van der Waals surface area contributed by atoms with Crippen molar-refractivity contribution in [3.8, 4) is 0 Å². The highest BCUT2D eigenvalue weighted by Gasteiger charge is 2.11. The SMILES string of the molecule is CCCCCCCCCCCC(=O)c1cccc2n[nH]nc12. The molecule has 0 atom stereocenters. The Morgan fingerprint density at radius 2 is 1.64 bits per heavy atom. The third-order valence-electron chi connectivity index (χ3n) is 4.15. The molecule has 0 fully saturated rings. The normalized spacial score (nSPS) is 11.1. The van der Waals surface area contributed by atoms with Crippen molar-refractivity contribution in [3.05, 3.63) is 23.8 Å². The number of hydrogen-bond acceptors (Lipinski definition) is 3. The molecule has 0 saturated carbocycles. The highest BCUT2D eigenvalue weighted by molar-refractivity contribution is 6.05. The van der Waals surface area contributed by atoms with E-state index >= 15 is 0 Å². The van der Waals surface area contributed by atoms with E-state index in [0.29, 0.717) is 17.5 Å². The third kappa shape index (κ3) is 4.93. The third-order valence-corrected chi connectivity index (χ3v) is 4.15. The maximum Gasteiger partial charge on any atom is 0.165 e. The van der Waals surface area contributed by atoms with Crippen LogP contribution in [-0.4, -0.2) is 21.2 Å². The summed E-state index contributed by atoms with van der Waals surface area (Å²) in [7, 11) is 0. The van der Waals surface area contributed by atoms with E-state index in [2.05, 4.69) is 22.3 Å². The molecule has 1 aromatic carbocycles. The Hall–Kier alpha value is -1.71. The molecule has 2 aromatic rings. The van der Waals surface area contributed by atoms with Gasteiger partial charge in [0.2, 0.25) is 0 Å². The van der Waals surface area contributed by atoms with Crippen molar-refractivity contribution in [2.24, 2.45) is 0 Å². The topological polar surface area (TPSA) is 58.6 Å². The predicted molar refractivity (Wildman–Crippen MR) is 90.1 cm³/mol. The Bertz CT molecular complexity index is 576. The molecule has 0 aliphatic heterocycles. The van der Waals surface area contributed by atoms with Crippen molar-refractivity contribution in [1.29, 1.82) is 0 Å². The summed E-state index contributed by atoms with van der Waals surface area (Å²) >= 11 is 0. The number of nitrogens with zero attached hydrogens (tertiary/aromatic N) is 2. The molecule has 4 nitrogen and oxygen atoms in total. The Balaban J connectivity index is 1.63. The molecule has 4 heteroatoms. The van der Waals surface area contributed by atoms with Gasteiger partial charge in [-0.25, -0.2) is 0 Å². The van der Waals surface area contributed by atoms with Crippen molar-refractivity contribution in [3.63, 3.8) is 0 Å². The van der Waals surface area contributed by atoms with Gasteiger partial charge in [-0.05, 0) is 18.6 Å². The van der Waals surface area contributed by atoms with Gasteiger partial charge in [-0.1, -0.05) is 64.4 Å². The second-order valence-electron chi connectivity index (χ2n) is 6.00. The van der Waals surface area contributed by atoms with E-state index in [4.69, 9.17) is 0 Å². The first-order valence-corrected chi connectivity index (χ1v) is 8.65. The van der Waals surface area contributed by atoms with E-state index in [-0.39, 0.29) is 5.78 Å². The Labute approximate surface area is 132 Å². The first-order chi connectivity index (χ1) is 10.8. The average molecular weight is 301 g/mol. The molecule has 0 unspecified atom stereocenters. The van der Waals surface area contributed by atoms with Gasteiger partial charge in [-0.15, -0.1) is 0 Å². The van der Waals surface area contributed by atoms with Crippen molar-refractivity contribution >= 4 is 16.8 Å². The number of Topliss-reactive ketones (excluding diaryl/α,β-unsaturated/α-hetero) is 1. The van der Waals surface area contributed by atoms with Gasteiger partial charge in [-0.3, -0.25) is 4.79 Å². The van der Waals surface area contributed by atoms with Crippen LogP contribution in [0.1, 0.15) is 81.5 Å². The fourth-order valence-corrected chi connectivity index (χ4v) is 2.82. The molecule has 0 radical (unpaired) electrons. The van der Waals surface area contributed by atoms with Gasteiger partial charge in [0.05, 0.1) is 0 Å². The largest absolute Gasteiger partial charge is 0.294 e. The number of benzene rings is 1. The molecule has 0 spiro atoms. The molecule has 0 aliphatic rings. The molecule has 1 heterocycles. The molecular formula is C18H27N3O. The first-order valence-electron chi connectivity index (χ1n) is 8.65. The number of carbonyl (C=O) groups excluding carboxylic acids is 1. The number of unbranched alkanes of at least 4 members (excludes halogenated alkanes) is 8. The highest BCUT2D eigenvalue weighted by Crippen LogP contribution is 2.17. The van der Waals surface area contributed by atoms with Gasteiger partial charge in [0.25, 0.3) is 0 Å².